The van der Waals surface area contributed by atoms with Gasteiger partial charge in [0.05, 0.1) is 4.47 Å². The summed E-state index contributed by atoms with van der Waals surface area (Å²) in [5.41, 5.74) is 4.80. The number of fused-ring (bicyclic) bond motifs is 1. The highest BCUT2D eigenvalue weighted by Crippen LogP contribution is 2.27. The first kappa shape index (κ1) is 13.4. The van der Waals surface area contributed by atoms with E-state index in [0.29, 0.717) is 4.47 Å². The smallest absolute Gasteiger partial charge is 0.137 e. The highest BCUT2D eigenvalue weighted by atomic mass is 79.9. The van der Waals surface area contributed by atoms with E-state index in [9.17, 15) is 4.39 Å². The third-order valence-electron chi connectivity index (χ3n) is 3.56. The van der Waals surface area contributed by atoms with E-state index in [2.05, 4.69) is 44.8 Å². The fraction of sp³-hybridized carbons (Fsp3) is 0.250. The summed E-state index contributed by atoms with van der Waals surface area (Å²) in [6.45, 7) is 1.76. The van der Waals surface area contributed by atoms with E-state index in [1.54, 1.807) is 12.1 Å². The number of para-hydroxylation sites is 1. The maximum Gasteiger partial charge on any atom is 0.137 e. The highest BCUT2D eigenvalue weighted by molar-refractivity contribution is 9.10. The lowest BCUT2D eigenvalue weighted by atomic mass is 9.99. The van der Waals surface area contributed by atoms with Crippen LogP contribution in [0.4, 0.5) is 15.8 Å². The van der Waals surface area contributed by atoms with Crippen LogP contribution in [0.3, 0.4) is 0 Å². The summed E-state index contributed by atoms with van der Waals surface area (Å²) in [4.78, 5) is 0. The second-order valence-electron chi connectivity index (χ2n) is 4.96. The highest BCUT2D eigenvalue weighted by Gasteiger charge is 2.12. The third-order valence-corrected chi connectivity index (χ3v) is 4.17. The summed E-state index contributed by atoms with van der Waals surface area (Å²) in [6.07, 6.45) is 2.33. The largest absolute Gasteiger partial charge is 0.385 e. The number of halogens is 2. The quantitative estimate of drug-likeness (QED) is 0.859. The van der Waals surface area contributed by atoms with E-state index in [-0.39, 0.29) is 5.82 Å². The number of nitrogens with one attached hydrogen (secondary N) is 2. The van der Waals surface area contributed by atoms with Crippen LogP contribution < -0.4 is 10.6 Å². The average Bonchev–Trinajstić information content (AvgIpc) is 2.48. The maximum absolute atomic E-state index is 13.2. The average molecular weight is 335 g/mol. The van der Waals surface area contributed by atoms with E-state index < -0.39 is 0 Å². The Balaban J connectivity index is 1.76. The zero-order chi connectivity index (χ0) is 13.9. The van der Waals surface area contributed by atoms with Crippen LogP contribution in [0.1, 0.15) is 17.5 Å². The van der Waals surface area contributed by atoms with Crippen molar-refractivity contribution in [1.29, 1.82) is 0 Å². The minimum absolute atomic E-state index is 0.241. The molecule has 0 aromatic heterocycles. The first-order valence-corrected chi connectivity index (χ1v) is 7.57. The second-order valence-corrected chi connectivity index (χ2v) is 5.82. The minimum Gasteiger partial charge on any atom is -0.385 e. The standard InChI is InChI=1S/C16H16BrFN2/c17-14-9-13(6-7-15(14)18)20-10-12-4-1-3-11-5-2-8-19-16(11)12/h1,3-4,6-7,9,19-20H,2,5,8,10H2. The number of aryl methyl sites for hydroxylation is 1. The van der Waals surface area contributed by atoms with Gasteiger partial charge in [0.2, 0.25) is 0 Å². The van der Waals surface area contributed by atoms with E-state index in [1.807, 2.05) is 0 Å². The van der Waals surface area contributed by atoms with Gasteiger partial charge in [-0.25, -0.2) is 4.39 Å². The molecule has 0 atom stereocenters. The first-order valence-electron chi connectivity index (χ1n) is 6.77. The lowest BCUT2D eigenvalue weighted by Crippen LogP contribution is -2.15. The summed E-state index contributed by atoms with van der Waals surface area (Å²) < 4.78 is 13.7. The van der Waals surface area contributed by atoms with Crippen LogP contribution in [0.5, 0.6) is 0 Å². The number of anilines is 2. The first-order chi connectivity index (χ1) is 9.74. The van der Waals surface area contributed by atoms with Crippen LogP contribution in [0, 0.1) is 5.82 Å². The van der Waals surface area contributed by atoms with Gasteiger partial charge >= 0.3 is 0 Å². The Morgan fingerprint density at radius 1 is 1.25 bits per heavy atom. The molecule has 2 aromatic rings. The van der Waals surface area contributed by atoms with Crippen molar-refractivity contribution in [3.63, 3.8) is 0 Å². The van der Waals surface area contributed by atoms with Gasteiger partial charge in [-0.15, -0.1) is 0 Å². The van der Waals surface area contributed by atoms with Crippen molar-refractivity contribution in [3.8, 4) is 0 Å². The molecule has 0 saturated carbocycles. The van der Waals surface area contributed by atoms with Gasteiger partial charge in [0.1, 0.15) is 5.82 Å². The summed E-state index contributed by atoms with van der Waals surface area (Å²) in [7, 11) is 0. The fourth-order valence-electron chi connectivity index (χ4n) is 2.53. The third kappa shape index (κ3) is 2.80. The van der Waals surface area contributed by atoms with Gasteiger partial charge < -0.3 is 10.6 Å². The lowest BCUT2D eigenvalue weighted by Gasteiger charge is -2.21. The van der Waals surface area contributed by atoms with Crippen molar-refractivity contribution in [2.75, 3.05) is 17.2 Å². The Kier molecular flexibility index (Phi) is 3.92. The van der Waals surface area contributed by atoms with Crippen molar-refractivity contribution < 1.29 is 4.39 Å². The lowest BCUT2D eigenvalue weighted by molar-refractivity contribution is 0.621. The molecule has 0 fully saturated rings. The molecule has 1 heterocycles. The monoisotopic (exact) mass is 334 g/mol. The predicted octanol–water partition coefficient (Wildman–Crippen LogP) is 4.56. The van der Waals surface area contributed by atoms with Crippen LogP contribution in [0.25, 0.3) is 0 Å². The molecule has 0 aliphatic carbocycles. The molecule has 104 valence electrons. The van der Waals surface area contributed by atoms with Gasteiger partial charge in [-0.05, 0) is 58.1 Å². The fourth-order valence-corrected chi connectivity index (χ4v) is 2.91. The number of rotatable bonds is 3. The van der Waals surface area contributed by atoms with E-state index in [1.165, 1.54) is 29.3 Å². The summed E-state index contributed by atoms with van der Waals surface area (Å²) in [5.74, 6) is -0.241. The topological polar surface area (TPSA) is 24.1 Å². The van der Waals surface area contributed by atoms with Crippen LogP contribution >= 0.6 is 15.9 Å². The molecule has 0 bridgehead atoms. The summed E-state index contributed by atoms with van der Waals surface area (Å²) in [6, 6.07) is 11.4. The van der Waals surface area contributed by atoms with Gasteiger partial charge in [-0.2, -0.15) is 0 Å². The van der Waals surface area contributed by atoms with Crippen LogP contribution in [0.15, 0.2) is 40.9 Å². The SMILES string of the molecule is Fc1ccc(NCc2cccc3c2NCCC3)cc1Br. The molecular formula is C16H16BrFN2. The molecule has 0 spiro atoms. The molecule has 1 aliphatic heterocycles. The predicted molar refractivity (Wildman–Crippen MR) is 84.7 cm³/mol. The van der Waals surface area contributed by atoms with Crippen molar-refractivity contribution >= 4 is 27.3 Å². The Bertz CT molecular complexity index is 628. The second kappa shape index (κ2) is 5.83. The van der Waals surface area contributed by atoms with E-state index in [4.69, 9.17) is 0 Å². The molecule has 3 rings (SSSR count). The Labute approximate surface area is 126 Å². The molecule has 20 heavy (non-hydrogen) atoms. The number of benzene rings is 2. The Morgan fingerprint density at radius 2 is 2.15 bits per heavy atom. The van der Waals surface area contributed by atoms with Crippen molar-refractivity contribution in [2.24, 2.45) is 0 Å². The van der Waals surface area contributed by atoms with Gasteiger partial charge in [-0.3, -0.25) is 0 Å². The molecule has 2 N–H and O–H groups in total. The number of hydrogen-bond donors (Lipinski definition) is 2. The molecule has 0 radical (unpaired) electrons. The zero-order valence-corrected chi connectivity index (χ0v) is 12.6. The summed E-state index contributed by atoms with van der Waals surface area (Å²) in [5, 5.41) is 6.82. The molecule has 2 aromatic carbocycles. The van der Waals surface area contributed by atoms with E-state index in [0.717, 1.165) is 25.2 Å². The Hall–Kier alpha value is -1.55. The van der Waals surface area contributed by atoms with Gasteiger partial charge in [0.25, 0.3) is 0 Å². The summed E-state index contributed by atoms with van der Waals surface area (Å²) >= 11 is 3.21. The van der Waals surface area contributed by atoms with E-state index >= 15 is 0 Å². The van der Waals surface area contributed by atoms with Crippen LogP contribution in [-0.4, -0.2) is 6.54 Å². The van der Waals surface area contributed by atoms with Crippen molar-refractivity contribution in [2.45, 2.75) is 19.4 Å². The minimum atomic E-state index is -0.241. The normalized spacial score (nSPS) is 13.5. The molecule has 0 saturated heterocycles. The molecule has 0 unspecified atom stereocenters. The van der Waals surface area contributed by atoms with Gasteiger partial charge in [-0.1, -0.05) is 18.2 Å². The maximum atomic E-state index is 13.2. The van der Waals surface area contributed by atoms with Crippen molar-refractivity contribution in [3.05, 3.63) is 57.8 Å². The van der Waals surface area contributed by atoms with Crippen LogP contribution in [0.2, 0.25) is 0 Å². The van der Waals surface area contributed by atoms with Crippen LogP contribution in [-0.2, 0) is 13.0 Å². The molecule has 0 amide bonds. The van der Waals surface area contributed by atoms with Crippen molar-refractivity contribution in [1.82, 2.24) is 0 Å². The van der Waals surface area contributed by atoms with Gasteiger partial charge in [0.15, 0.2) is 0 Å². The molecule has 4 heteroatoms. The number of hydrogen-bond acceptors (Lipinski definition) is 2. The van der Waals surface area contributed by atoms with Gasteiger partial charge in [0, 0.05) is 24.5 Å². The zero-order valence-electron chi connectivity index (χ0n) is 11.0. The Morgan fingerprint density at radius 3 is 3.00 bits per heavy atom. The molecule has 2 nitrogen and oxygen atoms in total. The molecule has 1 aliphatic rings. The molecular weight excluding hydrogens is 319 g/mol.